The van der Waals surface area contributed by atoms with Crippen LogP contribution in [-0.2, 0) is 21.3 Å². The maximum atomic E-state index is 12.0. The summed E-state index contributed by atoms with van der Waals surface area (Å²) in [6, 6.07) is 3.41. The first-order valence-corrected chi connectivity index (χ1v) is 8.41. The van der Waals surface area contributed by atoms with Crippen molar-refractivity contribution >= 4 is 16.7 Å². The SMILES string of the molecule is CCC(C)(C)NC(=O)C[S@](=O)Cc1nc(-c2ccco2)no1. The van der Waals surface area contributed by atoms with E-state index in [4.69, 9.17) is 8.94 Å². The predicted octanol–water partition coefficient (Wildman–Crippen LogP) is 1.88. The Morgan fingerprint density at radius 1 is 1.45 bits per heavy atom. The molecule has 2 aromatic heterocycles. The molecule has 1 amide bonds. The molecule has 7 nitrogen and oxygen atoms in total. The Morgan fingerprint density at radius 3 is 2.86 bits per heavy atom. The average Bonchev–Trinajstić information content (AvgIpc) is 3.07. The fourth-order valence-corrected chi connectivity index (χ4v) is 2.52. The first-order valence-electron chi connectivity index (χ1n) is 6.92. The van der Waals surface area contributed by atoms with Gasteiger partial charge in [0.15, 0.2) is 5.76 Å². The van der Waals surface area contributed by atoms with Crippen molar-refractivity contribution in [1.29, 1.82) is 0 Å². The predicted molar refractivity (Wildman–Crippen MR) is 81.2 cm³/mol. The number of rotatable bonds is 7. The van der Waals surface area contributed by atoms with E-state index in [0.29, 0.717) is 11.6 Å². The highest BCUT2D eigenvalue weighted by atomic mass is 32.2. The van der Waals surface area contributed by atoms with Crippen LogP contribution in [0.1, 0.15) is 33.1 Å². The van der Waals surface area contributed by atoms with Crippen LogP contribution in [0.4, 0.5) is 0 Å². The number of aromatic nitrogens is 2. The number of nitrogens with zero attached hydrogens (tertiary/aromatic N) is 2. The normalized spacial score (nSPS) is 13.0. The van der Waals surface area contributed by atoms with E-state index in [9.17, 15) is 9.00 Å². The highest BCUT2D eigenvalue weighted by Gasteiger charge is 2.20. The van der Waals surface area contributed by atoms with Gasteiger partial charge < -0.3 is 14.3 Å². The molecule has 1 N–H and O–H groups in total. The molecular weight excluding hydrogens is 306 g/mol. The van der Waals surface area contributed by atoms with Gasteiger partial charge in [0.1, 0.15) is 11.5 Å². The lowest BCUT2D eigenvalue weighted by atomic mass is 10.0. The molecule has 0 aliphatic rings. The lowest BCUT2D eigenvalue weighted by Crippen LogP contribution is -2.44. The van der Waals surface area contributed by atoms with Gasteiger partial charge in [-0.2, -0.15) is 4.98 Å². The van der Waals surface area contributed by atoms with Gasteiger partial charge in [0.05, 0.1) is 6.26 Å². The molecule has 1 atom stereocenters. The number of hydrogen-bond donors (Lipinski definition) is 1. The van der Waals surface area contributed by atoms with Crippen molar-refractivity contribution in [2.24, 2.45) is 0 Å². The van der Waals surface area contributed by atoms with Crippen molar-refractivity contribution < 1.29 is 17.9 Å². The number of carbonyl (C=O) groups is 1. The fourth-order valence-electron chi connectivity index (χ4n) is 1.66. The summed E-state index contributed by atoms with van der Waals surface area (Å²) in [5, 5.41) is 6.59. The van der Waals surface area contributed by atoms with Crippen molar-refractivity contribution in [3.63, 3.8) is 0 Å². The van der Waals surface area contributed by atoms with Gasteiger partial charge >= 0.3 is 0 Å². The van der Waals surface area contributed by atoms with Gasteiger partial charge in [-0.3, -0.25) is 9.00 Å². The summed E-state index contributed by atoms with van der Waals surface area (Å²) in [4.78, 5) is 15.9. The molecule has 0 fully saturated rings. The summed E-state index contributed by atoms with van der Waals surface area (Å²) in [6.07, 6.45) is 2.30. The molecule has 0 aliphatic heterocycles. The van der Waals surface area contributed by atoms with Crippen LogP contribution in [-0.4, -0.2) is 31.5 Å². The highest BCUT2D eigenvalue weighted by Crippen LogP contribution is 2.16. The minimum atomic E-state index is -1.41. The highest BCUT2D eigenvalue weighted by molar-refractivity contribution is 7.84. The van der Waals surface area contributed by atoms with E-state index < -0.39 is 10.8 Å². The molecule has 0 saturated carbocycles. The summed E-state index contributed by atoms with van der Waals surface area (Å²) in [5.41, 5.74) is -0.307. The first kappa shape index (κ1) is 16.4. The molecule has 8 heteroatoms. The number of furan rings is 1. The Bertz CT molecular complexity index is 649. The Hall–Kier alpha value is -1.96. The van der Waals surface area contributed by atoms with Crippen LogP contribution in [0, 0.1) is 0 Å². The molecule has 22 heavy (non-hydrogen) atoms. The molecule has 2 aromatic rings. The molecule has 2 heterocycles. The second-order valence-electron chi connectivity index (χ2n) is 5.50. The molecule has 0 spiro atoms. The monoisotopic (exact) mass is 325 g/mol. The van der Waals surface area contributed by atoms with E-state index in [0.717, 1.165) is 6.42 Å². The minimum Gasteiger partial charge on any atom is -0.461 e. The van der Waals surface area contributed by atoms with E-state index in [1.54, 1.807) is 12.1 Å². The zero-order valence-corrected chi connectivity index (χ0v) is 13.6. The Labute approximate surface area is 130 Å². The van der Waals surface area contributed by atoms with Crippen molar-refractivity contribution in [3.05, 3.63) is 24.3 Å². The van der Waals surface area contributed by atoms with E-state index >= 15 is 0 Å². The molecule has 0 radical (unpaired) electrons. The number of amides is 1. The van der Waals surface area contributed by atoms with Crippen molar-refractivity contribution in [2.45, 2.75) is 38.5 Å². The van der Waals surface area contributed by atoms with Crippen LogP contribution < -0.4 is 5.32 Å². The van der Waals surface area contributed by atoms with Crippen LogP contribution in [0.3, 0.4) is 0 Å². The minimum absolute atomic E-state index is 0.0354. The summed E-state index contributed by atoms with van der Waals surface area (Å²) in [6.45, 7) is 5.81. The Kier molecular flexibility index (Phi) is 5.12. The van der Waals surface area contributed by atoms with Gasteiger partial charge in [-0.1, -0.05) is 12.1 Å². The van der Waals surface area contributed by atoms with Gasteiger partial charge in [0.2, 0.25) is 17.6 Å². The average molecular weight is 325 g/mol. The lowest BCUT2D eigenvalue weighted by Gasteiger charge is -2.24. The van der Waals surface area contributed by atoms with Crippen molar-refractivity contribution in [2.75, 3.05) is 5.75 Å². The zero-order chi connectivity index (χ0) is 16.2. The van der Waals surface area contributed by atoms with Crippen molar-refractivity contribution in [3.8, 4) is 11.6 Å². The van der Waals surface area contributed by atoms with Crippen LogP contribution in [0.5, 0.6) is 0 Å². The van der Waals surface area contributed by atoms with E-state index in [2.05, 4.69) is 15.5 Å². The van der Waals surface area contributed by atoms with Crippen LogP contribution in [0.2, 0.25) is 0 Å². The van der Waals surface area contributed by atoms with Gasteiger partial charge in [0, 0.05) is 16.3 Å². The summed E-state index contributed by atoms with van der Waals surface area (Å²) >= 11 is 0. The van der Waals surface area contributed by atoms with Gasteiger partial charge in [-0.25, -0.2) is 0 Å². The third kappa shape index (κ3) is 4.52. The maximum absolute atomic E-state index is 12.0. The Morgan fingerprint density at radius 2 is 2.23 bits per heavy atom. The zero-order valence-electron chi connectivity index (χ0n) is 12.8. The molecule has 0 saturated heterocycles. The topological polar surface area (TPSA) is 98.2 Å². The van der Waals surface area contributed by atoms with E-state index in [-0.39, 0.29) is 28.8 Å². The summed E-state index contributed by atoms with van der Waals surface area (Å²) < 4.78 is 22.2. The second-order valence-corrected chi connectivity index (χ2v) is 6.96. The van der Waals surface area contributed by atoms with Crippen LogP contribution in [0.15, 0.2) is 27.3 Å². The molecule has 0 unspecified atom stereocenters. The van der Waals surface area contributed by atoms with Crippen LogP contribution in [0.25, 0.3) is 11.6 Å². The lowest BCUT2D eigenvalue weighted by molar-refractivity contribution is -0.120. The standard InChI is InChI=1S/C14H19N3O4S/c1-4-14(2,3)16-11(18)8-22(19)9-12-15-13(17-21-12)10-6-5-7-20-10/h5-7H,4,8-9H2,1-3H3,(H,16,18)/t22-/m0/s1. The molecule has 0 aliphatic carbocycles. The summed E-state index contributed by atoms with van der Waals surface area (Å²) in [7, 11) is -1.41. The van der Waals surface area contributed by atoms with Crippen LogP contribution >= 0.6 is 0 Å². The molecule has 120 valence electrons. The maximum Gasteiger partial charge on any atom is 0.239 e. The number of hydrogen-bond acceptors (Lipinski definition) is 6. The first-order chi connectivity index (χ1) is 10.4. The van der Waals surface area contributed by atoms with E-state index in [1.807, 2.05) is 20.8 Å². The van der Waals surface area contributed by atoms with Gasteiger partial charge in [-0.15, -0.1) is 0 Å². The Balaban J connectivity index is 1.89. The quantitative estimate of drug-likeness (QED) is 0.834. The van der Waals surface area contributed by atoms with Gasteiger partial charge in [-0.05, 0) is 32.4 Å². The largest absolute Gasteiger partial charge is 0.461 e. The third-order valence-electron chi connectivity index (χ3n) is 3.15. The smallest absolute Gasteiger partial charge is 0.239 e. The van der Waals surface area contributed by atoms with Gasteiger partial charge in [0.25, 0.3) is 0 Å². The summed E-state index contributed by atoms with van der Waals surface area (Å²) in [5.74, 6) is 0.676. The number of carbonyl (C=O) groups excluding carboxylic acids is 1. The van der Waals surface area contributed by atoms with Crippen molar-refractivity contribution in [1.82, 2.24) is 15.5 Å². The molecule has 2 rings (SSSR count). The third-order valence-corrected chi connectivity index (χ3v) is 4.30. The molecule has 0 aromatic carbocycles. The second kappa shape index (κ2) is 6.87. The molecular formula is C14H19N3O4S. The van der Waals surface area contributed by atoms with E-state index in [1.165, 1.54) is 6.26 Å². The fraction of sp³-hybridized carbons (Fsp3) is 0.500. The molecule has 0 bridgehead atoms. The number of nitrogens with one attached hydrogen (secondary N) is 1.